The molecule has 2 aromatic carbocycles. The molecule has 2 aromatic rings. The minimum Gasteiger partial charge on any atom is -0.488 e. The van der Waals surface area contributed by atoms with E-state index in [4.69, 9.17) is 14.6 Å². The number of benzene rings is 2. The molecule has 1 aliphatic rings. The molecule has 0 saturated heterocycles. The van der Waals surface area contributed by atoms with Gasteiger partial charge in [0.05, 0.1) is 12.6 Å². The lowest BCUT2D eigenvalue weighted by Gasteiger charge is -2.25. The molecule has 5 nitrogen and oxygen atoms in total. The van der Waals surface area contributed by atoms with Crippen LogP contribution in [0.4, 0.5) is 0 Å². The van der Waals surface area contributed by atoms with Gasteiger partial charge < -0.3 is 14.6 Å². The van der Waals surface area contributed by atoms with Gasteiger partial charge in [-0.2, -0.15) is 0 Å². The third-order valence-corrected chi connectivity index (χ3v) is 5.03. The fourth-order valence-corrected chi connectivity index (χ4v) is 3.51. The van der Waals surface area contributed by atoms with Crippen molar-refractivity contribution in [3.63, 3.8) is 0 Å². The maximum Gasteiger partial charge on any atom is 0.317 e. The number of hydrogen-bond acceptors (Lipinski definition) is 4. The second kappa shape index (κ2) is 10.1. The Kier molecular flexibility index (Phi) is 7.31. The van der Waals surface area contributed by atoms with Crippen molar-refractivity contribution in [3.05, 3.63) is 48.5 Å². The number of ether oxygens (including phenoxy) is 2. The molecule has 1 fully saturated rings. The number of carboxylic acid groups (broad SMARTS) is 1. The summed E-state index contributed by atoms with van der Waals surface area (Å²) < 4.78 is 12.3. The third kappa shape index (κ3) is 5.99. The molecule has 150 valence electrons. The van der Waals surface area contributed by atoms with Crippen LogP contribution in [0, 0.1) is 0 Å². The highest BCUT2D eigenvalue weighted by Crippen LogP contribution is 2.35. The van der Waals surface area contributed by atoms with Crippen LogP contribution in [0.15, 0.2) is 48.5 Å². The minimum absolute atomic E-state index is 0.00172. The molecule has 0 aliphatic heterocycles. The predicted octanol–water partition coefficient (Wildman–Crippen LogP) is 4.46. The summed E-state index contributed by atoms with van der Waals surface area (Å²) in [6.07, 6.45) is 6.09. The number of hydrogen-bond donors (Lipinski definition) is 1. The van der Waals surface area contributed by atoms with Gasteiger partial charge >= 0.3 is 5.97 Å². The van der Waals surface area contributed by atoms with Gasteiger partial charge in [-0.15, -0.1) is 0 Å². The quantitative estimate of drug-likeness (QED) is 0.693. The van der Waals surface area contributed by atoms with Gasteiger partial charge in [0.15, 0.2) is 11.5 Å². The lowest BCUT2D eigenvalue weighted by molar-refractivity contribution is -0.138. The van der Waals surface area contributed by atoms with E-state index in [1.807, 2.05) is 30.3 Å². The Hall–Kier alpha value is -2.53. The van der Waals surface area contributed by atoms with Gasteiger partial charge in [0.1, 0.15) is 6.61 Å². The Morgan fingerprint density at radius 3 is 2.50 bits per heavy atom. The summed E-state index contributed by atoms with van der Waals surface area (Å²) in [6, 6.07) is 16.3. The Labute approximate surface area is 166 Å². The molecule has 5 heteroatoms. The molecule has 28 heavy (non-hydrogen) atoms. The molecular weight excluding hydrogens is 354 g/mol. The molecule has 0 amide bonds. The van der Waals surface area contributed by atoms with E-state index in [-0.39, 0.29) is 12.6 Å². The summed E-state index contributed by atoms with van der Waals surface area (Å²) in [4.78, 5) is 12.5. The molecule has 0 unspecified atom stereocenters. The van der Waals surface area contributed by atoms with E-state index in [9.17, 15) is 4.79 Å². The Bertz CT molecular complexity index is 756. The van der Waals surface area contributed by atoms with Crippen LogP contribution in [0.25, 0.3) is 11.1 Å². The minimum atomic E-state index is -0.837. The zero-order valence-electron chi connectivity index (χ0n) is 16.5. The SMILES string of the molecule is CN(CCOc1ccc(-c2ccccc2)cc1OC1CCCCC1)CC(=O)O. The summed E-state index contributed by atoms with van der Waals surface area (Å²) in [5.41, 5.74) is 2.24. The maximum atomic E-state index is 10.8. The number of nitrogens with zero attached hydrogens (tertiary/aromatic N) is 1. The van der Waals surface area contributed by atoms with Crippen molar-refractivity contribution >= 4 is 5.97 Å². The molecule has 0 bridgehead atoms. The molecular formula is C23H29NO4. The van der Waals surface area contributed by atoms with Gasteiger partial charge in [0.25, 0.3) is 0 Å². The van der Waals surface area contributed by atoms with E-state index in [2.05, 4.69) is 18.2 Å². The summed E-state index contributed by atoms with van der Waals surface area (Å²) in [5, 5.41) is 8.86. The molecule has 0 spiro atoms. The van der Waals surface area contributed by atoms with E-state index in [1.54, 1.807) is 11.9 Å². The first-order valence-corrected chi connectivity index (χ1v) is 10.0. The van der Waals surface area contributed by atoms with Gasteiger partial charge in [-0.3, -0.25) is 9.69 Å². The highest BCUT2D eigenvalue weighted by Gasteiger charge is 2.18. The van der Waals surface area contributed by atoms with Gasteiger partial charge in [0.2, 0.25) is 0 Å². The first kappa shape index (κ1) is 20.2. The van der Waals surface area contributed by atoms with E-state index < -0.39 is 5.97 Å². The number of likely N-dealkylation sites (N-methyl/N-ethyl adjacent to an activating group) is 1. The molecule has 0 heterocycles. The smallest absolute Gasteiger partial charge is 0.317 e. The molecule has 1 saturated carbocycles. The zero-order valence-corrected chi connectivity index (χ0v) is 16.5. The highest BCUT2D eigenvalue weighted by atomic mass is 16.5. The average Bonchev–Trinajstić information content (AvgIpc) is 2.70. The van der Waals surface area contributed by atoms with Crippen LogP contribution in [0.2, 0.25) is 0 Å². The molecule has 1 aliphatic carbocycles. The number of carbonyl (C=O) groups is 1. The fraction of sp³-hybridized carbons (Fsp3) is 0.435. The van der Waals surface area contributed by atoms with Crippen LogP contribution in [0.1, 0.15) is 32.1 Å². The van der Waals surface area contributed by atoms with Gasteiger partial charge in [0, 0.05) is 6.54 Å². The van der Waals surface area contributed by atoms with E-state index in [1.165, 1.54) is 19.3 Å². The van der Waals surface area contributed by atoms with Crippen LogP contribution in [0.5, 0.6) is 11.5 Å². The van der Waals surface area contributed by atoms with Crippen molar-refractivity contribution < 1.29 is 19.4 Å². The van der Waals surface area contributed by atoms with Crippen molar-refractivity contribution in [2.24, 2.45) is 0 Å². The van der Waals surface area contributed by atoms with Gasteiger partial charge in [-0.05, 0) is 56.0 Å². The summed E-state index contributed by atoms with van der Waals surface area (Å²) in [5.74, 6) is 0.652. The fourth-order valence-electron chi connectivity index (χ4n) is 3.51. The molecule has 3 rings (SSSR count). The monoisotopic (exact) mass is 383 g/mol. The summed E-state index contributed by atoms with van der Waals surface area (Å²) in [7, 11) is 1.77. The Morgan fingerprint density at radius 1 is 1.04 bits per heavy atom. The Balaban J connectivity index is 1.72. The average molecular weight is 383 g/mol. The highest BCUT2D eigenvalue weighted by molar-refractivity contribution is 5.69. The second-order valence-corrected chi connectivity index (χ2v) is 7.39. The molecule has 0 aromatic heterocycles. The van der Waals surface area contributed by atoms with Crippen molar-refractivity contribution in [3.8, 4) is 22.6 Å². The molecule has 0 atom stereocenters. The lowest BCUT2D eigenvalue weighted by atomic mass is 9.97. The standard InChI is InChI=1S/C23H29NO4/c1-24(17-23(25)26)14-15-27-21-13-12-19(18-8-4-2-5-9-18)16-22(21)28-20-10-6-3-7-11-20/h2,4-5,8-9,12-13,16,20H,3,6-7,10-11,14-15,17H2,1H3,(H,25,26). The van der Waals surface area contributed by atoms with Gasteiger partial charge in [-0.25, -0.2) is 0 Å². The largest absolute Gasteiger partial charge is 0.488 e. The van der Waals surface area contributed by atoms with E-state index in [0.29, 0.717) is 18.9 Å². The topological polar surface area (TPSA) is 59.0 Å². The van der Waals surface area contributed by atoms with E-state index in [0.717, 1.165) is 29.7 Å². The van der Waals surface area contributed by atoms with Crippen molar-refractivity contribution in [1.29, 1.82) is 0 Å². The van der Waals surface area contributed by atoms with Crippen molar-refractivity contribution in [2.45, 2.75) is 38.2 Å². The third-order valence-electron chi connectivity index (χ3n) is 5.03. The van der Waals surface area contributed by atoms with Crippen molar-refractivity contribution in [2.75, 3.05) is 26.7 Å². The zero-order chi connectivity index (χ0) is 19.8. The van der Waals surface area contributed by atoms with E-state index >= 15 is 0 Å². The van der Waals surface area contributed by atoms with Crippen LogP contribution in [-0.4, -0.2) is 48.8 Å². The predicted molar refractivity (Wildman–Crippen MR) is 110 cm³/mol. The van der Waals surface area contributed by atoms with Crippen LogP contribution in [-0.2, 0) is 4.79 Å². The normalized spacial score (nSPS) is 14.8. The summed E-state index contributed by atoms with van der Waals surface area (Å²) in [6.45, 7) is 0.951. The second-order valence-electron chi connectivity index (χ2n) is 7.39. The van der Waals surface area contributed by atoms with Crippen molar-refractivity contribution in [1.82, 2.24) is 4.90 Å². The lowest BCUT2D eigenvalue weighted by Crippen LogP contribution is -2.29. The summed E-state index contributed by atoms with van der Waals surface area (Å²) >= 11 is 0. The maximum absolute atomic E-state index is 10.8. The number of rotatable bonds is 9. The van der Waals surface area contributed by atoms with Gasteiger partial charge in [-0.1, -0.05) is 42.8 Å². The first-order valence-electron chi connectivity index (χ1n) is 10.0. The Morgan fingerprint density at radius 2 is 1.79 bits per heavy atom. The molecule has 0 radical (unpaired) electrons. The number of aliphatic carboxylic acids is 1. The molecule has 1 N–H and O–H groups in total. The van der Waals surface area contributed by atoms with Crippen LogP contribution < -0.4 is 9.47 Å². The number of carboxylic acids is 1. The first-order chi connectivity index (χ1) is 13.6. The van der Waals surface area contributed by atoms with Crippen LogP contribution >= 0.6 is 0 Å². The van der Waals surface area contributed by atoms with Crippen LogP contribution in [0.3, 0.4) is 0 Å².